The molecule has 3 aromatic rings. The average Bonchev–Trinajstić information content (AvgIpc) is 3.20. The minimum absolute atomic E-state index is 0.0998. The summed E-state index contributed by atoms with van der Waals surface area (Å²) in [6, 6.07) is 9.65. The Morgan fingerprint density at radius 3 is 2.80 bits per heavy atom. The molecular weight excluding hydrogens is 356 g/mol. The SMILES string of the molecule is Cc1cc(C(=O)CSC(C)c2ccccc2Cl)c(C)n1-c1ncn[nH]1. The first-order chi connectivity index (χ1) is 12.0. The molecule has 0 saturated carbocycles. The Kier molecular flexibility index (Phi) is 5.30. The standard InChI is InChI=1S/C18H19ClN4OS/c1-11-8-15(12(2)23(11)18-20-10-21-22-18)17(24)9-25-13(3)14-6-4-5-7-16(14)19/h4-8,10,13H,9H2,1-3H3,(H,20,21,22). The van der Waals surface area contributed by atoms with Crippen molar-refractivity contribution in [2.45, 2.75) is 26.0 Å². The van der Waals surface area contributed by atoms with Crippen molar-refractivity contribution >= 4 is 29.1 Å². The van der Waals surface area contributed by atoms with Gasteiger partial charge in [0.15, 0.2) is 5.78 Å². The van der Waals surface area contributed by atoms with E-state index in [0.717, 1.165) is 22.0 Å². The fraction of sp³-hybridized carbons (Fsp3) is 0.278. The van der Waals surface area contributed by atoms with Gasteiger partial charge in [-0.15, -0.1) is 11.8 Å². The molecule has 3 rings (SSSR count). The number of thioether (sulfide) groups is 1. The van der Waals surface area contributed by atoms with Crippen molar-refractivity contribution in [3.05, 3.63) is 64.2 Å². The molecule has 0 fully saturated rings. The van der Waals surface area contributed by atoms with Crippen LogP contribution in [-0.4, -0.2) is 31.3 Å². The number of halogens is 1. The van der Waals surface area contributed by atoms with E-state index in [4.69, 9.17) is 11.6 Å². The topological polar surface area (TPSA) is 63.6 Å². The highest BCUT2D eigenvalue weighted by molar-refractivity contribution is 8.00. The summed E-state index contributed by atoms with van der Waals surface area (Å²) in [7, 11) is 0. The molecule has 0 bridgehead atoms. The molecule has 2 aromatic heterocycles. The molecule has 1 unspecified atom stereocenters. The van der Waals surface area contributed by atoms with E-state index in [-0.39, 0.29) is 11.0 Å². The maximum Gasteiger partial charge on any atom is 0.229 e. The molecule has 0 aliphatic heterocycles. The third kappa shape index (κ3) is 3.65. The molecule has 2 heterocycles. The second-order valence-corrected chi connectivity index (χ2v) is 7.56. The number of aryl methyl sites for hydroxylation is 1. The third-order valence-corrected chi connectivity index (χ3v) is 5.68. The molecule has 5 nitrogen and oxygen atoms in total. The molecule has 7 heteroatoms. The van der Waals surface area contributed by atoms with E-state index in [9.17, 15) is 4.79 Å². The number of aromatic amines is 1. The molecular formula is C18H19ClN4OS. The highest BCUT2D eigenvalue weighted by Gasteiger charge is 2.19. The lowest BCUT2D eigenvalue weighted by Gasteiger charge is -2.12. The van der Waals surface area contributed by atoms with E-state index >= 15 is 0 Å². The predicted octanol–water partition coefficient (Wildman–Crippen LogP) is 4.54. The summed E-state index contributed by atoms with van der Waals surface area (Å²) in [5.74, 6) is 1.11. The predicted molar refractivity (Wildman–Crippen MR) is 102 cm³/mol. The second-order valence-electron chi connectivity index (χ2n) is 5.83. The number of hydrogen-bond acceptors (Lipinski definition) is 4. The Morgan fingerprint density at radius 2 is 2.12 bits per heavy atom. The monoisotopic (exact) mass is 374 g/mol. The van der Waals surface area contributed by atoms with E-state index in [1.165, 1.54) is 6.33 Å². The zero-order valence-electron chi connectivity index (χ0n) is 14.3. The summed E-state index contributed by atoms with van der Waals surface area (Å²) in [4.78, 5) is 16.9. The number of benzene rings is 1. The smallest absolute Gasteiger partial charge is 0.229 e. The summed E-state index contributed by atoms with van der Waals surface area (Å²) in [5.41, 5.74) is 3.58. The van der Waals surface area contributed by atoms with Gasteiger partial charge in [-0.1, -0.05) is 29.8 Å². The van der Waals surface area contributed by atoms with Crippen LogP contribution in [0.25, 0.3) is 5.95 Å². The largest absolute Gasteiger partial charge is 0.293 e. The fourth-order valence-electron chi connectivity index (χ4n) is 2.85. The lowest BCUT2D eigenvalue weighted by Crippen LogP contribution is -2.07. The first-order valence-electron chi connectivity index (χ1n) is 7.93. The van der Waals surface area contributed by atoms with Crippen LogP contribution < -0.4 is 0 Å². The molecule has 0 spiro atoms. The van der Waals surface area contributed by atoms with Gasteiger partial charge in [0.05, 0.1) is 5.75 Å². The van der Waals surface area contributed by atoms with Crippen molar-refractivity contribution in [2.24, 2.45) is 0 Å². The maximum absolute atomic E-state index is 12.7. The van der Waals surface area contributed by atoms with Crippen molar-refractivity contribution < 1.29 is 4.79 Å². The minimum Gasteiger partial charge on any atom is -0.293 e. The van der Waals surface area contributed by atoms with Crippen LogP contribution in [0.2, 0.25) is 5.02 Å². The summed E-state index contributed by atoms with van der Waals surface area (Å²) >= 11 is 7.83. The molecule has 0 aliphatic carbocycles. The van der Waals surface area contributed by atoms with Crippen LogP contribution >= 0.6 is 23.4 Å². The number of nitrogens with one attached hydrogen (secondary N) is 1. The van der Waals surface area contributed by atoms with Crippen LogP contribution in [0.5, 0.6) is 0 Å². The van der Waals surface area contributed by atoms with E-state index in [0.29, 0.717) is 17.3 Å². The van der Waals surface area contributed by atoms with E-state index < -0.39 is 0 Å². The van der Waals surface area contributed by atoms with Crippen LogP contribution in [0.3, 0.4) is 0 Å². The van der Waals surface area contributed by atoms with Gasteiger partial charge in [-0.3, -0.25) is 9.36 Å². The first-order valence-corrected chi connectivity index (χ1v) is 9.35. The van der Waals surface area contributed by atoms with Gasteiger partial charge in [0.1, 0.15) is 6.33 Å². The molecule has 0 saturated heterocycles. The average molecular weight is 375 g/mol. The molecule has 1 atom stereocenters. The van der Waals surface area contributed by atoms with Gasteiger partial charge < -0.3 is 0 Å². The first kappa shape index (κ1) is 17.8. The number of carbonyl (C=O) groups excluding carboxylic acids is 1. The second kappa shape index (κ2) is 7.45. The van der Waals surface area contributed by atoms with Crippen LogP contribution in [0.15, 0.2) is 36.7 Å². The summed E-state index contributed by atoms with van der Waals surface area (Å²) in [5, 5.41) is 7.60. The summed E-state index contributed by atoms with van der Waals surface area (Å²) in [6.07, 6.45) is 1.46. The molecule has 0 aliphatic rings. The zero-order chi connectivity index (χ0) is 18.0. The number of rotatable bonds is 6. The van der Waals surface area contributed by atoms with Gasteiger partial charge in [0, 0.05) is 27.2 Å². The zero-order valence-corrected chi connectivity index (χ0v) is 15.9. The third-order valence-electron chi connectivity index (χ3n) is 4.15. The van der Waals surface area contributed by atoms with E-state index in [1.54, 1.807) is 11.8 Å². The quantitative estimate of drug-likeness (QED) is 0.643. The van der Waals surface area contributed by atoms with Crippen LogP contribution in [0, 0.1) is 13.8 Å². The highest BCUT2D eigenvalue weighted by atomic mass is 35.5. The van der Waals surface area contributed by atoms with Gasteiger partial charge in [-0.2, -0.15) is 10.1 Å². The number of hydrogen-bond donors (Lipinski definition) is 1. The molecule has 130 valence electrons. The van der Waals surface area contributed by atoms with Crippen molar-refractivity contribution in [1.29, 1.82) is 0 Å². The van der Waals surface area contributed by atoms with Gasteiger partial charge in [-0.25, -0.2) is 5.10 Å². The van der Waals surface area contributed by atoms with Gasteiger partial charge >= 0.3 is 0 Å². The summed E-state index contributed by atoms with van der Waals surface area (Å²) in [6.45, 7) is 5.94. The normalized spacial score (nSPS) is 12.3. The number of nitrogens with zero attached hydrogens (tertiary/aromatic N) is 3. The van der Waals surface area contributed by atoms with Gasteiger partial charge in [-0.05, 0) is 38.5 Å². The number of carbonyl (C=O) groups is 1. The highest BCUT2D eigenvalue weighted by Crippen LogP contribution is 2.33. The Labute approximate surface area is 155 Å². The van der Waals surface area contributed by atoms with Crippen LogP contribution in [0.1, 0.15) is 39.5 Å². The number of Topliss-reactive ketones (excluding diaryl/α,β-unsaturated/α-hetero) is 1. The van der Waals surface area contributed by atoms with Gasteiger partial charge in [0.2, 0.25) is 5.95 Å². The minimum atomic E-state index is 0.0998. The Hall–Kier alpha value is -2.05. The molecule has 0 radical (unpaired) electrons. The van der Waals surface area contributed by atoms with Crippen LogP contribution in [-0.2, 0) is 0 Å². The Balaban J connectivity index is 1.74. The van der Waals surface area contributed by atoms with Gasteiger partial charge in [0.25, 0.3) is 0 Å². The lowest BCUT2D eigenvalue weighted by molar-refractivity contribution is 0.102. The molecule has 25 heavy (non-hydrogen) atoms. The Morgan fingerprint density at radius 1 is 1.36 bits per heavy atom. The van der Waals surface area contributed by atoms with Crippen LogP contribution in [0.4, 0.5) is 0 Å². The molecule has 1 N–H and O–H groups in total. The number of aromatic nitrogens is 4. The maximum atomic E-state index is 12.7. The van der Waals surface area contributed by atoms with E-state index in [1.807, 2.05) is 48.7 Å². The van der Waals surface area contributed by atoms with Crippen molar-refractivity contribution in [2.75, 3.05) is 5.75 Å². The molecule has 1 aromatic carbocycles. The Bertz CT molecular complexity index is 889. The fourth-order valence-corrected chi connectivity index (χ4v) is 4.16. The summed E-state index contributed by atoms with van der Waals surface area (Å²) < 4.78 is 1.91. The number of H-pyrrole nitrogens is 1. The van der Waals surface area contributed by atoms with Crippen molar-refractivity contribution in [3.63, 3.8) is 0 Å². The molecule has 0 amide bonds. The van der Waals surface area contributed by atoms with E-state index in [2.05, 4.69) is 22.1 Å². The lowest BCUT2D eigenvalue weighted by atomic mass is 10.2. The van der Waals surface area contributed by atoms with Crippen molar-refractivity contribution in [3.8, 4) is 5.95 Å². The van der Waals surface area contributed by atoms with Crippen molar-refractivity contribution in [1.82, 2.24) is 19.7 Å². The number of ketones is 1.